The van der Waals surface area contributed by atoms with Crippen LogP contribution in [0, 0.1) is 5.82 Å². The molecule has 4 nitrogen and oxygen atoms in total. The summed E-state index contributed by atoms with van der Waals surface area (Å²) in [6.45, 7) is 0. The zero-order chi connectivity index (χ0) is 13.1. The molecule has 92 valence electrons. The van der Waals surface area contributed by atoms with E-state index in [2.05, 4.69) is 9.97 Å². The first kappa shape index (κ1) is 12.7. The predicted molar refractivity (Wildman–Crippen MR) is 69.4 cm³/mol. The quantitative estimate of drug-likeness (QED) is 0.878. The van der Waals surface area contributed by atoms with Crippen molar-refractivity contribution in [2.24, 2.45) is 5.73 Å². The minimum atomic E-state index is -0.568. The number of aromatic nitrogens is 2. The minimum absolute atomic E-state index is 0.0252. The van der Waals surface area contributed by atoms with E-state index in [4.69, 9.17) is 34.3 Å². The Morgan fingerprint density at radius 1 is 1.33 bits per heavy atom. The molecule has 0 atom stereocenters. The lowest BCUT2D eigenvalue weighted by atomic mass is 10.3. The Kier molecular flexibility index (Phi) is 3.69. The van der Waals surface area contributed by atoms with Crippen LogP contribution in [0.25, 0.3) is 0 Å². The first-order valence-electron chi connectivity index (χ1n) is 4.81. The summed E-state index contributed by atoms with van der Waals surface area (Å²) < 4.78 is 18.5. The maximum atomic E-state index is 13.2. The van der Waals surface area contributed by atoms with Crippen molar-refractivity contribution in [3.63, 3.8) is 0 Å². The highest BCUT2D eigenvalue weighted by Crippen LogP contribution is 2.23. The van der Waals surface area contributed by atoms with E-state index in [0.29, 0.717) is 5.69 Å². The number of halogens is 2. The van der Waals surface area contributed by atoms with E-state index < -0.39 is 5.82 Å². The molecule has 1 aromatic heterocycles. The number of benzene rings is 1. The Balaban J connectivity index is 2.18. The first-order valence-corrected chi connectivity index (χ1v) is 5.59. The van der Waals surface area contributed by atoms with Gasteiger partial charge in [-0.15, -0.1) is 0 Å². The Hall–Kier alpha value is -1.79. The Morgan fingerprint density at radius 3 is 2.67 bits per heavy atom. The fourth-order valence-corrected chi connectivity index (χ4v) is 1.38. The summed E-state index contributed by atoms with van der Waals surface area (Å²) in [7, 11) is 0. The topological polar surface area (TPSA) is 61.0 Å². The monoisotopic (exact) mass is 283 g/mol. The number of nitrogens with two attached hydrogens (primary N) is 1. The van der Waals surface area contributed by atoms with E-state index in [1.165, 1.54) is 24.5 Å². The van der Waals surface area contributed by atoms with Crippen LogP contribution in [0.4, 0.5) is 4.39 Å². The smallest absolute Gasteiger partial charge is 0.237 e. The van der Waals surface area contributed by atoms with Crippen LogP contribution < -0.4 is 10.5 Å². The average molecular weight is 284 g/mol. The fourth-order valence-electron chi connectivity index (χ4n) is 1.16. The normalized spacial score (nSPS) is 10.1. The average Bonchev–Trinajstić information content (AvgIpc) is 2.34. The molecular formula is C11H7ClFN3OS. The van der Waals surface area contributed by atoms with Crippen LogP contribution in [-0.2, 0) is 0 Å². The lowest BCUT2D eigenvalue weighted by Crippen LogP contribution is -2.11. The highest BCUT2D eigenvalue weighted by atomic mass is 35.5. The van der Waals surface area contributed by atoms with E-state index in [9.17, 15) is 4.39 Å². The highest BCUT2D eigenvalue weighted by molar-refractivity contribution is 7.80. The van der Waals surface area contributed by atoms with Gasteiger partial charge < -0.3 is 10.5 Å². The molecule has 0 fully saturated rings. The third-order valence-electron chi connectivity index (χ3n) is 1.99. The van der Waals surface area contributed by atoms with Crippen molar-refractivity contribution >= 4 is 28.8 Å². The summed E-state index contributed by atoms with van der Waals surface area (Å²) in [4.78, 5) is 8.03. The van der Waals surface area contributed by atoms with Gasteiger partial charge in [-0.05, 0) is 12.1 Å². The summed E-state index contributed by atoms with van der Waals surface area (Å²) in [5, 5.41) is 0.0252. The number of ether oxygens (including phenoxy) is 1. The molecule has 0 unspecified atom stereocenters. The van der Waals surface area contributed by atoms with Gasteiger partial charge in [-0.1, -0.05) is 23.8 Å². The molecule has 0 aliphatic carbocycles. The van der Waals surface area contributed by atoms with Gasteiger partial charge in [-0.25, -0.2) is 14.4 Å². The number of thiocarbonyl (C=S) groups is 1. The molecule has 0 saturated heterocycles. The third-order valence-corrected chi connectivity index (χ3v) is 2.51. The first-order chi connectivity index (χ1) is 8.56. The van der Waals surface area contributed by atoms with Crippen LogP contribution in [0.15, 0.2) is 30.6 Å². The Morgan fingerprint density at radius 2 is 2.11 bits per heavy atom. The van der Waals surface area contributed by atoms with Gasteiger partial charge >= 0.3 is 0 Å². The van der Waals surface area contributed by atoms with Crippen LogP contribution in [0.3, 0.4) is 0 Å². The zero-order valence-corrected chi connectivity index (χ0v) is 10.5. The van der Waals surface area contributed by atoms with Crippen molar-refractivity contribution < 1.29 is 9.13 Å². The van der Waals surface area contributed by atoms with Gasteiger partial charge in [0.1, 0.15) is 22.2 Å². The van der Waals surface area contributed by atoms with Gasteiger partial charge in [-0.2, -0.15) is 0 Å². The largest absolute Gasteiger partial charge is 0.437 e. The molecule has 0 spiro atoms. The molecule has 0 amide bonds. The lowest BCUT2D eigenvalue weighted by molar-refractivity contribution is 0.455. The van der Waals surface area contributed by atoms with E-state index in [0.717, 1.165) is 6.07 Å². The van der Waals surface area contributed by atoms with E-state index >= 15 is 0 Å². The second-order valence-electron chi connectivity index (χ2n) is 3.28. The molecule has 2 rings (SSSR count). The van der Waals surface area contributed by atoms with Crippen molar-refractivity contribution in [2.75, 3.05) is 0 Å². The van der Waals surface area contributed by atoms with Gasteiger partial charge in [0.2, 0.25) is 5.88 Å². The summed E-state index contributed by atoms with van der Waals surface area (Å²) in [6, 6.07) is 4.07. The molecule has 0 radical (unpaired) electrons. The second-order valence-corrected chi connectivity index (χ2v) is 4.13. The Labute approximate surface area is 113 Å². The fraction of sp³-hybridized carbons (Fsp3) is 0. The SMILES string of the molecule is NC(=S)c1cnc(Oc2ccc(Cl)c(F)c2)cn1. The molecular weight excluding hydrogens is 277 g/mol. The summed E-state index contributed by atoms with van der Waals surface area (Å²) in [5.74, 6) is -0.0899. The van der Waals surface area contributed by atoms with E-state index in [-0.39, 0.29) is 21.6 Å². The molecule has 0 aliphatic heterocycles. The van der Waals surface area contributed by atoms with Crippen molar-refractivity contribution in [3.05, 3.63) is 47.1 Å². The maximum Gasteiger partial charge on any atom is 0.237 e. The maximum absolute atomic E-state index is 13.2. The van der Waals surface area contributed by atoms with Gasteiger partial charge in [0, 0.05) is 6.07 Å². The van der Waals surface area contributed by atoms with Gasteiger partial charge in [-0.3, -0.25) is 0 Å². The number of hydrogen-bond acceptors (Lipinski definition) is 4. The molecule has 1 heterocycles. The molecule has 0 aliphatic rings. The van der Waals surface area contributed by atoms with Crippen molar-refractivity contribution in [2.45, 2.75) is 0 Å². The predicted octanol–water partition coefficient (Wildman–Crippen LogP) is 2.70. The number of hydrogen-bond donors (Lipinski definition) is 1. The standard InChI is InChI=1S/C11H7ClFN3OS/c12-7-2-1-6(3-8(7)13)17-10-5-15-9(4-16-10)11(14)18/h1-5H,(H2,14,18). The second kappa shape index (κ2) is 5.24. The van der Waals surface area contributed by atoms with E-state index in [1.807, 2.05) is 0 Å². The molecule has 2 N–H and O–H groups in total. The van der Waals surface area contributed by atoms with Gasteiger partial charge in [0.25, 0.3) is 0 Å². The Bertz CT molecular complexity index is 591. The molecule has 7 heteroatoms. The highest BCUT2D eigenvalue weighted by Gasteiger charge is 2.05. The van der Waals surface area contributed by atoms with Crippen LogP contribution in [-0.4, -0.2) is 15.0 Å². The number of nitrogens with zero attached hydrogens (tertiary/aromatic N) is 2. The van der Waals surface area contributed by atoms with Crippen LogP contribution in [0.5, 0.6) is 11.6 Å². The molecule has 2 aromatic rings. The molecule has 0 saturated carbocycles. The van der Waals surface area contributed by atoms with Crippen LogP contribution in [0.1, 0.15) is 5.69 Å². The molecule has 18 heavy (non-hydrogen) atoms. The lowest BCUT2D eigenvalue weighted by Gasteiger charge is -2.05. The molecule has 0 bridgehead atoms. The third kappa shape index (κ3) is 2.91. The summed E-state index contributed by atoms with van der Waals surface area (Å²) in [6.07, 6.45) is 2.73. The van der Waals surface area contributed by atoms with Gasteiger partial charge in [0.15, 0.2) is 0 Å². The van der Waals surface area contributed by atoms with Crippen molar-refractivity contribution in [3.8, 4) is 11.6 Å². The minimum Gasteiger partial charge on any atom is -0.437 e. The van der Waals surface area contributed by atoms with Gasteiger partial charge in [0.05, 0.1) is 17.4 Å². The van der Waals surface area contributed by atoms with Crippen molar-refractivity contribution in [1.29, 1.82) is 0 Å². The summed E-state index contributed by atoms with van der Waals surface area (Å²) >= 11 is 10.3. The van der Waals surface area contributed by atoms with E-state index in [1.54, 1.807) is 0 Å². The van der Waals surface area contributed by atoms with Crippen LogP contribution >= 0.6 is 23.8 Å². The number of rotatable bonds is 3. The van der Waals surface area contributed by atoms with Crippen LogP contribution in [0.2, 0.25) is 5.02 Å². The molecule has 1 aromatic carbocycles. The summed E-state index contributed by atoms with van der Waals surface area (Å²) in [5.41, 5.74) is 5.77. The van der Waals surface area contributed by atoms with Crippen molar-refractivity contribution in [1.82, 2.24) is 9.97 Å². The zero-order valence-electron chi connectivity index (χ0n) is 8.93.